The van der Waals surface area contributed by atoms with Gasteiger partial charge in [0.1, 0.15) is 17.2 Å². The van der Waals surface area contributed by atoms with Gasteiger partial charge >= 0.3 is 0 Å². The molecule has 188 valence electrons. The van der Waals surface area contributed by atoms with E-state index in [1.807, 2.05) is 13.8 Å². The second kappa shape index (κ2) is 8.77. The first kappa shape index (κ1) is 24.6. The molecular formula is C26H23BrF2N2O4S. The van der Waals surface area contributed by atoms with Crippen molar-refractivity contribution in [3.05, 3.63) is 86.9 Å². The molecule has 0 fully saturated rings. The lowest BCUT2D eigenvalue weighted by atomic mass is 9.88. The maximum atomic E-state index is 15.6. The lowest BCUT2D eigenvalue weighted by Gasteiger charge is -2.34. The first-order valence-corrected chi connectivity index (χ1v) is 13.6. The molecule has 10 heteroatoms. The fourth-order valence-corrected chi connectivity index (χ4v) is 7.43. The molecule has 1 unspecified atom stereocenters. The van der Waals surface area contributed by atoms with Gasteiger partial charge in [0.2, 0.25) is 5.82 Å². The molecule has 2 aliphatic rings. The van der Waals surface area contributed by atoms with E-state index in [9.17, 15) is 13.5 Å². The predicted molar refractivity (Wildman–Crippen MR) is 138 cm³/mol. The quantitative estimate of drug-likeness (QED) is 0.295. The van der Waals surface area contributed by atoms with E-state index in [1.165, 1.54) is 18.2 Å². The van der Waals surface area contributed by atoms with Crippen LogP contribution in [-0.4, -0.2) is 19.3 Å². The Morgan fingerprint density at radius 1 is 1.03 bits per heavy atom. The largest absolute Gasteiger partial charge is 0.506 e. The van der Waals surface area contributed by atoms with E-state index in [0.717, 1.165) is 0 Å². The second-order valence-corrected chi connectivity index (χ2v) is 12.5. The zero-order valence-electron chi connectivity index (χ0n) is 19.4. The van der Waals surface area contributed by atoms with Gasteiger partial charge in [0.05, 0.1) is 26.9 Å². The number of benzene rings is 3. The van der Waals surface area contributed by atoms with Crippen LogP contribution in [0.15, 0.2) is 69.7 Å². The molecule has 0 spiro atoms. The number of rotatable bonds is 3. The van der Waals surface area contributed by atoms with Gasteiger partial charge in [0.25, 0.3) is 0 Å². The van der Waals surface area contributed by atoms with Gasteiger partial charge in [-0.25, -0.2) is 12.8 Å². The van der Waals surface area contributed by atoms with E-state index in [4.69, 9.17) is 4.74 Å². The third kappa shape index (κ3) is 4.32. The van der Waals surface area contributed by atoms with Crippen LogP contribution in [0, 0.1) is 17.0 Å². The number of phenols is 1. The average Bonchev–Trinajstić information content (AvgIpc) is 2.95. The number of sulfone groups is 1. The SMILES string of the molecule is CC1(C)CC2=C(C(c3ccc(Oc4ccccc4Br)c(F)c3F)Nc3cccc(O)c3N2)S(=O)(=O)C1. The minimum atomic E-state index is -3.89. The zero-order valence-corrected chi connectivity index (χ0v) is 21.8. The third-order valence-corrected chi connectivity index (χ3v) is 9.16. The Bertz CT molecular complexity index is 1520. The Morgan fingerprint density at radius 3 is 2.53 bits per heavy atom. The molecule has 0 aliphatic carbocycles. The summed E-state index contributed by atoms with van der Waals surface area (Å²) in [4.78, 5) is -0.0739. The summed E-state index contributed by atoms with van der Waals surface area (Å²) in [5.41, 5.74) is 0.165. The monoisotopic (exact) mass is 576 g/mol. The Labute approximate surface area is 216 Å². The summed E-state index contributed by atoms with van der Waals surface area (Å²) in [6, 6.07) is 12.8. The number of aromatic hydroxyl groups is 1. The van der Waals surface area contributed by atoms with Gasteiger partial charge in [0.15, 0.2) is 21.4 Å². The number of halogens is 3. The Balaban J connectivity index is 1.66. The number of nitrogens with one attached hydrogen (secondary N) is 2. The molecule has 0 saturated carbocycles. The lowest BCUT2D eigenvalue weighted by molar-refractivity contribution is 0.399. The van der Waals surface area contributed by atoms with Crippen LogP contribution >= 0.6 is 15.9 Å². The van der Waals surface area contributed by atoms with Gasteiger partial charge in [-0.05, 0) is 64.2 Å². The standard InChI is InChI=1S/C26H23BrF2N2O4S/c1-26(2)12-17-25(36(33,34)13-26)23(30-16-7-5-8-18(32)24(16)31-17)14-10-11-20(22(29)21(14)28)35-19-9-4-3-6-15(19)27/h3-11,23,30-32H,12-13H2,1-2H3. The summed E-state index contributed by atoms with van der Waals surface area (Å²) in [5, 5.41) is 16.6. The van der Waals surface area contributed by atoms with Crippen molar-refractivity contribution in [2.45, 2.75) is 26.3 Å². The smallest absolute Gasteiger partial charge is 0.201 e. The summed E-state index contributed by atoms with van der Waals surface area (Å²) in [6.07, 6.45) is 0.334. The van der Waals surface area contributed by atoms with Crippen LogP contribution in [0.2, 0.25) is 0 Å². The molecule has 3 aromatic rings. The van der Waals surface area contributed by atoms with Gasteiger partial charge in [-0.1, -0.05) is 32.0 Å². The van der Waals surface area contributed by atoms with Gasteiger partial charge in [-0.3, -0.25) is 0 Å². The van der Waals surface area contributed by atoms with Crippen LogP contribution in [-0.2, 0) is 9.84 Å². The minimum absolute atomic E-state index is 0.0739. The van der Waals surface area contributed by atoms with Crippen LogP contribution in [0.4, 0.5) is 20.2 Å². The average molecular weight is 577 g/mol. The Kier molecular flexibility index (Phi) is 5.99. The van der Waals surface area contributed by atoms with Crippen molar-refractivity contribution in [3.8, 4) is 17.2 Å². The first-order valence-electron chi connectivity index (χ1n) is 11.2. The van der Waals surface area contributed by atoms with Crippen molar-refractivity contribution in [2.75, 3.05) is 16.4 Å². The van der Waals surface area contributed by atoms with E-state index in [-0.39, 0.29) is 33.4 Å². The number of phenolic OH excluding ortho intramolecular Hbond substituents is 1. The molecule has 36 heavy (non-hydrogen) atoms. The van der Waals surface area contributed by atoms with Crippen LogP contribution in [0.25, 0.3) is 0 Å². The Morgan fingerprint density at radius 2 is 1.78 bits per heavy atom. The second-order valence-electron chi connectivity index (χ2n) is 9.66. The number of hydrogen-bond acceptors (Lipinski definition) is 6. The maximum Gasteiger partial charge on any atom is 0.201 e. The highest BCUT2D eigenvalue weighted by Gasteiger charge is 2.44. The summed E-state index contributed by atoms with van der Waals surface area (Å²) in [5.74, 6) is -2.77. The molecule has 3 aromatic carbocycles. The first-order chi connectivity index (χ1) is 17.0. The molecule has 0 bridgehead atoms. The third-order valence-electron chi connectivity index (χ3n) is 6.19. The highest BCUT2D eigenvalue weighted by molar-refractivity contribution is 9.10. The predicted octanol–water partition coefficient (Wildman–Crippen LogP) is 6.86. The summed E-state index contributed by atoms with van der Waals surface area (Å²) in [7, 11) is -3.89. The van der Waals surface area contributed by atoms with E-state index in [0.29, 0.717) is 28.0 Å². The van der Waals surface area contributed by atoms with E-state index >= 15 is 8.78 Å². The van der Waals surface area contributed by atoms with Crippen LogP contribution in [0.1, 0.15) is 31.9 Å². The number of allylic oxidation sites excluding steroid dienone is 1. The van der Waals surface area contributed by atoms with E-state index < -0.39 is 32.9 Å². The molecule has 3 N–H and O–H groups in total. The van der Waals surface area contributed by atoms with Crippen LogP contribution in [0.3, 0.4) is 0 Å². The van der Waals surface area contributed by atoms with Crippen LogP contribution < -0.4 is 15.4 Å². The van der Waals surface area contributed by atoms with Crippen molar-refractivity contribution >= 4 is 37.1 Å². The number of fused-ring (bicyclic) bond motifs is 1. The van der Waals surface area contributed by atoms with Gasteiger partial charge < -0.3 is 20.5 Å². The van der Waals surface area contributed by atoms with Crippen molar-refractivity contribution < 1.29 is 27.0 Å². The fraction of sp³-hybridized carbons (Fsp3) is 0.231. The molecule has 5 rings (SSSR count). The van der Waals surface area contributed by atoms with Crippen molar-refractivity contribution in [1.29, 1.82) is 0 Å². The molecule has 0 amide bonds. The molecule has 0 aromatic heterocycles. The highest BCUT2D eigenvalue weighted by Crippen LogP contribution is 2.49. The molecular weight excluding hydrogens is 554 g/mol. The summed E-state index contributed by atoms with van der Waals surface area (Å²) >= 11 is 3.31. The molecule has 0 radical (unpaired) electrons. The van der Waals surface area contributed by atoms with Crippen molar-refractivity contribution in [2.24, 2.45) is 5.41 Å². The topological polar surface area (TPSA) is 87.7 Å². The van der Waals surface area contributed by atoms with Gasteiger partial charge in [0, 0.05) is 11.3 Å². The number of para-hydroxylation sites is 2. The van der Waals surface area contributed by atoms with Gasteiger partial charge in [-0.15, -0.1) is 0 Å². The van der Waals surface area contributed by atoms with Gasteiger partial charge in [-0.2, -0.15) is 4.39 Å². The molecule has 1 atom stereocenters. The normalized spacial score (nSPS) is 19.9. The summed E-state index contributed by atoms with van der Waals surface area (Å²) in [6.45, 7) is 3.65. The molecule has 2 aliphatic heterocycles. The number of anilines is 2. The molecule has 6 nitrogen and oxygen atoms in total. The highest BCUT2D eigenvalue weighted by atomic mass is 79.9. The molecule has 0 saturated heterocycles. The van der Waals surface area contributed by atoms with E-state index in [1.54, 1.807) is 36.4 Å². The maximum absolute atomic E-state index is 15.6. The van der Waals surface area contributed by atoms with Crippen molar-refractivity contribution in [1.82, 2.24) is 0 Å². The van der Waals surface area contributed by atoms with E-state index in [2.05, 4.69) is 26.6 Å². The number of ether oxygens (including phenoxy) is 1. The lowest BCUT2D eigenvalue weighted by Crippen LogP contribution is -2.35. The zero-order chi connectivity index (χ0) is 25.8. The van der Waals surface area contributed by atoms with Crippen LogP contribution in [0.5, 0.6) is 17.2 Å². The molecule has 2 heterocycles. The van der Waals surface area contributed by atoms with Crippen molar-refractivity contribution in [3.63, 3.8) is 0 Å². The minimum Gasteiger partial charge on any atom is -0.506 e. The Hall–Kier alpha value is -3.11. The number of hydrogen-bond donors (Lipinski definition) is 3. The summed E-state index contributed by atoms with van der Waals surface area (Å²) < 4.78 is 64.0. The fourth-order valence-electron chi connectivity index (χ4n) is 4.73.